The monoisotopic (exact) mass is 204 g/mol. The fraction of sp³-hybridized carbons (Fsp3) is 0.889. The molecular formula is C9H17ClN2O. The molecule has 2 aliphatic carbocycles. The molecule has 0 radical (unpaired) electrons. The zero-order valence-electron chi connectivity index (χ0n) is 7.71. The second kappa shape index (κ2) is 3.14. The molecule has 2 unspecified atom stereocenters. The lowest BCUT2D eigenvalue weighted by Crippen LogP contribution is -2.45. The van der Waals surface area contributed by atoms with E-state index in [1.54, 1.807) is 0 Å². The van der Waals surface area contributed by atoms with Gasteiger partial charge in [-0.05, 0) is 32.1 Å². The summed E-state index contributed by atoms with van der Waals surface area (Å²) in [6, 6.07) is 0. The molecule has 1 amide bonds. The summed E-state index contributed by atoms with van der Waals surface area (Å²) in [5.41, 5.74) is 11.2. The van der Waals surface area contributed by atoms with Gasteiger partial charge in [-0.1, -0.05) is 6.42 Å². The van der Waals surface area contributed by atoms with Gasteiger partial charge in [-0.2, -0.15) is 0 Å². The Morgan fingerprint density at radius 2 is 1.85 bits per heavy atom. The second-order valence-electron chi connectivity index (χ2n) is 4.54. The molecule has 0 aromatic rings. The van der Waals surface area contributed by atoms with E-state index in [1.807, 2.05) is 0 Å². The molecule has 3 nitrogen and oxygen atoms in total. The van der Waals surface area contributed by atoms with Gasteiger partial charge >= 0.3 is 0 Å². The van der Waals surface area contributed by atoms with Gasteiger partial charge in [-0.25, -0.2) is 0 Å². The van der Waals surface area contributed by atoms with Gasteiger partial charge in [0, 0.05) is 5.54 Å². The average Bonchev–Trinajstić information content (AvgIpc) is 2.24. The maximum absolute atomic E-state index is 11.2. The molecule has 4 N–H and O–H groups in total. The van der Waals surface area contributed by atoms with E-state index in [1.165, 1.54) is 0 Å². The highest BCUT2D eigenvalue weighted by Gasteiger charge is 2.52. The highest BCUT2D eigenvalue weighted by Crippen LogP contribution is 2.52. The molecule has 4 heteroatoms. The van der Waals surface area contributed by atoms with Crippen molar-refractivity contribution in [1.29, 1.82) is 0 Å². The molecule has 0 spiro atoms. The van der Waals surface area contributed by atoms with Crippen LogP contribution in [0, 0.1) is 5.41 Å². The SMILES string of the molecule is Cl.NC(=O)C12CCCC(N)(CC1)C2. The van der Waals surface area contributed by atoms with E-state index in [2.05, 4.69) is 0 Å². The Labute approximate surface area is 84.6 Å². The third kappa shape index (κ3) is 1.55. The maximum atomic E-state index is 11.2. The third-order valence-electron chi connectivity index (χ3n) is 3.64. The van der Waals surface area contributed by atoms with Crippen molar-refractivity contribution in [2.24, 2.45) is 16.9 Å². The molecule has 0 aliphatic heterocycles. The van der Waals surface area contributed by atoms with Crippen molar-refractivity contribution in [1.82, 2.24) is 0 Å². The van der Waals surface area contributed by atoms with Gasteiger partial charge in [0.15, 0.2) is 0 Å². The fourth-order valence-corrected chi connectivity index (χ4v) is 2.88. The average molecular weight is 205 g/mol. The lowest BCUT2D eigenvalue weighted by atomic mass is 9.73. The summed E-state index contributed by atoms with van der Waals surface area (Å²) in [5.74, 6) is -0.130. The second-order valence-corrected chi connectivity index (χ2v) is 4.54. The van der Waals surface area contributed by atoms with Crippen LogP contribution in [0.15, 0.2) is 0 Å². The van der Waals surface area contributed by atoms with E-state index < -0.39 is 0 Å². The van der Waals surface area contributed by atoms with Crippen molar-refractivity contribution in [3.8, 4) is 0 Å². The third-order valence-corrected chi connectivity index (χ3v) is 3.64. The van der Waals surface area contributed by atoms with E-state index >= 15 is 0 Å². The van der Waals surface area contributed by atoms with Gasteiger partial charge in [0.05, 0.1) is 5.41 Å². The summed E-state index contributed by atoms with van der Waals surface area (Å²) in [4.78, 5) is 11.2. The summed E-state index contributed by atoms with van der Waals surface area (Å²) >= 11 is 0. The van der Waals surface area contributed by atoms with Crippen LogP contribution in [-0.2, 0) is 4.79 Å². The number of hydrogen-bond donors (Lipinski definition) is 2. The Balaban J connectivity index is 0.000000845. The molecule has 76 valence electrons. The number of rotatable bonds is 1. The number of fused-ring (bicyclic) bond motifs is 2. The zero-order chi connectivity index (χ0) is 8.82. The minimum absolute atomic E-state index is 0. The minimum Gasteiger partial charge on any atom is -0.369 e. The lowest BCUT2D eigenvalue weighted by Gasteiger charge is -2.34. The number of amides is 1. The molecule has 13 heavy (non-hydrogen) atoms. The lowest BCUT2D eigenvalue weighted by molar-refractivity contribution is -0.128. The standard InChI is InChI=1S/C9H16N2O.ClH/c10-7(12)8-2-1-3-9(11,6-8)5-4-8;/h1-6,11H2,(H2,10,12);1H. The van der Waals surface area contributed by atoms with Gasteiger partial charge in [0.1, 0.15) is 0 Å². The number of halogens is 1. The smallest absolute Gasteiger partial charge is 0.223 e. The Bertz CT molecular complexity index is 234. The summed E-state index contributed by atoms with van der Waals surface area (Å²) in [7, 11) is 0. The van der Waals surface area contributed by atoms with Crippen LogP contribution >= 0.6 is 12.4 Å². The van der Waals surface area contributed by atoms with Crippen LogP contribution in [0.25, 0.3) is 0 Å². The normalized spacial score (nSPS) is 42.5. The quantitative estimate of drug-likeness (QED) is 0.668. The number of primary amides is 1. The first-order chi connectivity index (χ1) is 5.56. The molecule has 2 saturated carbocycles. The Hall–Kier alpha value is -0.280. The topological polar surface area (TPSA) is 69.1 Å². The van der Waals surface area contributed by atoms with Crippen LogP contribution in [-0.4, -0.2) is 11.4 Å². The maximum Gasteiger partial charge on any atom is 0.223 e. The van der Waals surface area contributed by atoms with E-state index in [0.717, 1.165) is 38.5 Å². The summed E-state index contributed by atoms with van der Waals surface area (Å²) in [6.45, 7) is 0. The first-order valence-electron chi connectivity index (χ1n) is 4.65. The van der Waals surface area contributed by atoms with Gasteiger partial charge in [-0.15, -0.1) is 12.4 Å². The molecule has 2 bridgehead atoms. The summed E-state index contributed by atoms with van der Waals surface area (Å²) in [5, 5.41) is 0. The molecule has 0 aromatic heterocycles. The van der Waals surface area contributed by atoms with E-state index in [4.69, 9.17) is 11.5 Å². The molecule has 0 heterocycles. The molecule has 2 rings (SSSR count). The number of nitrogens with two attached hydrogens (primary N) is 2. The van der Waals surface area contributed by atoms with E-state index in [0.29, 0.717) is 0 Å². The highest BCUT2D eigenvalue weighted by atomic mass is 35.5. The minimum atomic E-state index is -0.229. The van der Waals surface area contributed by atoms with Crippen molar-refractivity contribution in [2.75, 3.05) is 0 Å². The first kappa shape index (κ1) is 10.8. The van der Waals surface area contributed by atoms with Crippen molar-refractivity contribution in [3.05, 3.63) is 0 Å². The molecular weight excluding hydrogens is 188 g/mol. The predicted molar refractivity (Wildman–Crippen MR) is 53.5 cm³/mol. The van der Waals surface area contributed by atoms with Crippen molar-refractivity contribution < 1.29 is 4.79 Å². The molecule has 2 atom stereocenters. The van der Waals surface area contributed by atoms with Crippen LogP contribution < -0.4 is 11.5 Å². The van der Waals surface area contributed by atoms with Crippen molar-refractivity contribution in [3.63, 3.8) is 0 Å². The van der Waals surface area contributed by atoms with Crippen molar-refractivity contribution in [2.45, 2.75) is 44.1 Å². The van der Waals surface area contributed by atoms with E-state index in [9.17, 15) is 4.79 Å². The molecule has 2 aliphatic rings. The summed E-state index contributed by atoms with van der Waals surface area (Å²) in [6.07, 6.45) is 5.83. The Morgan fingerprint density at radius 1 is 1.15 bits per heavy atom. The highest BCUT2D eigenvalue weighted by molar-refractivity contribution is 5.85. The number of carbonyl (C=O) groups excluding carboxylic acids is 1. The van der Waals surface area contributed by atoms with Crippen LogP contribution in [0.3, 0.4) is 0 Å². The van der Waals surface area contributed by atoms with Crippen LogP contribution in [0.4, 0.5) is 0 Å². The van der Waals surface area contributed by atoms with E-state index in [-0.39, 0.29) is 29.3 Å². The first-order valence-corrected chi connectivity index (χ1v) is 4.65. The van der Waals surface area contributed by atoms with Crippen LogP contribution in [0.2, 0.25) is 0 Å². The Morgan fingerprint density at radius 3 is 2.38 bits per heavy atom. The number of carbonyl (C=O) groups is 1. The molecule has 0 saturated heterocycles. The van der Waals surface area contributed by atoms with Gasteiger partial charge in [-0.3, -0.25) is 4.79 Å². The molecule has 2 fully saturated rings. The fourth-order valence-electron chi connectivity index (χ4n) is 2.88. The largest absolute Gasteiger partial charge is 0.369 e. The van der Waals surface area contributed by atoms with Gasteiger partial charge < -0.3 is 11.5 Å². The van der Waals surface area contributed by atoms with Gasteiger partial charge in [0.25, 0.3) is 0 Å². The zero-order valence-corrected chi connectivity index (χ0v) is 8.53. The molecule has 0 aromatic carbocycles. The van der Waals surface area contributed by atoms with Crippen LogP contribution in [0.5, 0.6) is 0 Å². The van der Waals surface area contributed by atoms with Gasteiger partial charge in [0.2, 0.25) is 5.91 Å². The predicted octanol–water partition coefficient (Wildman–Crippen LogP) is 0.945. The van der Waals surface area contributed by atoms with Crippen LogP contribution in [0.1, 0.15) is 38.5 Å². The Kier molecular flexibility index (Phi) is 2.61. The van der Waals surface area contributed by atoms with Crippen molar-refractivity contribution >= 4 is 18.3 Å². The number of hydrogen-bond acceptors (Lipinski definition) is 2. The summed E-state index contributed by atoms with van der Waals surface area (Å²) < 4.78 is 0.